The van der Waals surface area contributed by atoms with Crippen LogP contribution in [0.15, 0.2) is 96.2 Å². The Balaban J connectivity index is 1.55. The van der Waals surface area contributed by atoms with Gasteiger partial charge in [-0.2, -0.15) is 26.3 Å². The number of sulfone groups is 1. The maximum Gasteiger partial charge on any atom is 0.430 e. The van der Waals surface area contributed by atoms with E-state index in [9.17, 15) is 52.7 Å². The average molecular weight is 730 g/mol. The van der Waals surface area contributed by atoms with Crippen LogP contribution in [0, 0.1) is 23.4 Å². The highest BCUT2D eigenvalue weighted by atomic mass is 32.2. The number of pyridine rings is 1. The van der Waals surface area contributed by atoms with Crippen LogP contribution in [-0.4, -0.2) is 31.5 Å². The molecule has 50 heavy (non-hydrogen) atoms. The van der Waals surface area contributed by atoms with Crippen LogP contribution in [0.3, 0.4) is 0 Å². The number of hydrogen-bond donors (Lipinski definition) is 0. The minimum Gasteiger partial charge on any atom is -0.349 e. The topological polar surface area (TPSA) is 73.3 Å². The number of halogens is 9. The molecule has 0 atom stereocenters. The summed E-state index contributed by atoms with van der Waals surface area (Å²) in [7, 11) is -4.48. The number of benzene rings is 3. The van der Waals surface area contributed by atoms with Crippen molar-refractivity contribution in [1.82, 2.24) is 4.98 Å². The van der Waals surface area contributed by atoms with Gasteiger partial charge in [-0.3, -0.25) is 9.78 Å². The number of hydrogen-bond acceptors (Lipinski definition) is 5. The van der Waals surface area contributed by atoms with E-state index in [-0.39, 0.29) is 54.3 Å². The number of carbonyl (C=O) groups excluding carboxylic acids is 1. The number of Topliss-reactive ketones (excluding diaryl/α,β-unsaturated/α-hetero) is 1. The zero-order chi connectivity index (χ0) is 36.5. The van der Waals surface area contributed by atoms with Gasteiger partial charge in [0.1, 0.15) is 22.2 Å². The molecule has 15 heteroatoms. The molecule has 0 radical (unpaired) electrons. The van der Waals surface area contributed by atoms with Crippen molar-refractivity contribution < 1.29 is 57.5 Å². The van der Waals surface area contributed by atoms with Crippen LogP contribution in [0.25, 0.3) is 0 Å². The maximum absolute atomic E-state index is 14.5. The first kappa shape index (κ1) is 37.0. The Bertz CT molecular complexity index is 1890. The molecular formula is C35H28F9NO4S. The predicted molar refractivity (Wildman–Crippen MR) is 162 cm³/mol. The molecule has 1 heterocycles. The molecule has 0 spiro atoms. The number of aromatic nitrogens is 1. The third kappa shape index (κ3) is 6.76. The van der Waals surface area contributed by atoms with Crippen molar-refractivity contribution in [1.29, 1.82) is 0 Å². The second-order valence-electron chi connectivity index (χ2n) is 12.0. The van der Waals surface area contributed by atoms with Crippen molar-refractivity contribution in [2.45, 2.75) is 66.3 Å². The molecule has 0 unspecified atom stereocenters. The third-order valence-electron chi connectivity index (χ3n) is 9.14. The van der Waals surface area contributed by atoms with Crippen LogP contribution < -0.4 is 0 Å². The van der Waals surface area contributed by atoms with Crippen molar-refractivity contribution in [3.05, 3.63) is 131 Å². The summed E-state index contributed by atoms with van der Waals surface area (Å²) in [5.74, 6) is -4.12. The fraction of sp³-hybridized carbons (Fsp3) is 0.314. The monoisotopic (exact) mass is 729 g/mol. The number of alkyl halides is 6. The summed E-state index contributed by atoms with van der Waals surface area (Å²) in [6.45, 7) is -1.75. The lowest BCUT2D eigenvalue weighted by Crippen LogP contribution is -2.56. The van der Waals surface area contributed by atoms with Gasteiger partial charge in [0.15, 0.2) is 15.6 Å². The molecule has 1 aliphatic rings. The second-order valence-corrected chi connectivity index (χ2v) is 14.3. The largest absolute Gasteiger partial charge is 0.430 e. The fourth-order valence-corrected chi connectivity index (χ4v) is 8.58. The van der Waals surface area contributed by atoms with Gasteiger partial charge < -0.3 is 4.74 Å². The Morgan fingerprint density at radius 2 is 1.32 bits per heavy atom. The summed E-state index contributed by atoms with van der Waals surface area (Å²) in [6.07, 6.45) is -9.54. The van der Waals surface area contributed by atoms with E-state index >= 15 is 0 Å². The average Bonchev–Trinajstić information content (AvgIpc) is 3.06. The van der Waals surface area contributed by atoms with E-state index < -0.39 is 67.7 Å². The molecule has 5 nitrogen and oxygen atoms in total. The van der Waals surface area contributed by atoms with Gasteiger partial charge in [-0.15, -0.1) is 0 Å². The highest BCUT2D eigenvalue weighted by Crippen LogP contribution is 2.55. The minimum absolute atomic E-state index is 0.0508. The van der Waals surface area contributed by atoms with Crippen molar-refractivity contribution in [2.75, 3.05) is 0 Å². The van der Waals surface area contributed by atoms with Crippen LogP contribution >= 0.6 is 0 Å². The molecule has 0 amide bonds. The summed E-state index contributed by atoms with van der Waals surface area (Å²) >= 11 is 0. The van der Waals surface area contributed by atoms with Crippen molar-refractivity contribution in [3.8, 4) is 0 Å². The van der Waals surface area contributed by atoms with E-state index in [4.69, 9.17) is 0 Å². The summed E-state index contributed by atoms with van der Waals surface area (Å²) in [6, 6.07) is 11.5. The number of carbonyl (C=O) groups is 1. The second kappa shape index (κ2) is 13.8. The number of rotatable bonds is 10. The zero-order valence-electron chi connectivity index (χ0n) is 25.9. The Kier molecular flexibility index (Phi) is 10.2. The number of nitrogens with zero attached hydrogens (tertiary/aromatic N) is 1. The lowest BCUT2D eigenvalue weighted by molar-refractivity contribution is -0.392. The Hall–Kier alpha value is -4.24. The van der Waals surface area contributed by atoms with Crippen molar-refractivity contribution >= 4 is 15.6 Å². The first-order valence-corrected chi connectivity index (χ1v) is 16.7. The third-order valence-corrected chi connectivity index (χ3v) is 11.7. The van der Waals surface area contributed by atoms with Crippen LogP contribution in [0.4, 0.5) is 39.5 Å². The molecule has 4 aromatic rings. The Morgan fingerprint density at radius 1 is 0.780 bits per heavy atom. The lowest BCUT2D eigenvalue weighted by Gasteiger charge is -2.41. The molecule has 1 aliphatic carbocycles. The van der Waals surface area contributed by atoms with E-state index in [0.717, 1.165) is 42.5 Å². The van der Waals surface area contributed by atoms with Gasteiger partial charge in [0.05, 0.1) is 11.5 Å². The standard InChI is InChI=1S/C35H28F9NO4S/c36-26-8-10-27(11-9-26)50(47,48)32(16-12-22(13-17-32)20-31(46)23-14-18-45-19-15-23)24-4-6-25(7-5-24)33(34(39,40)41,35(42,43)44)49-21-28-29(37)2-1-3-30(28)38/h1-11,14-15,18-19,22H,12-13,16-17,20-21H2. The van der Waals surface area contributed by atoms with Crippen molar-refractivity contribution in [2.24, 2.45) is 5.92 Å². The van der Waals surface area contributed by atoms with E-state index in [0.29, 0.717) is 29.8 Å². The van der Waals surface area contributed by atoms with Gasteiger partial charge >= 0.3 is 12.4 Å². The molecule has 0 aliphatic heterocycles. The molecule has 266 valence electrons. The Morgan fingerprint density at radius 3 is 1.84 bits per heavy atom. The van der Waals surface area contributed by atoms with E-state index in [1.807, 2.05) is 0 Å². The van der Waals surface area contributed by atoms with Crippen LogP contribution in [0.2, 0.25) is 0 Å². The van der Waals surface area contributed by atoms with E-state index in [1.165, 1.54) is 24.5 Å². The van der Waals surface area contributed by atoms with Gasteiger partial charge in [-0.05, 0) is 85.7 Å². The zero-order valence-corrected chi connectivity index (χ0v) is 26.7. The van der Waals surface area contributed by atoms with Crippen molar-refractivity contribution in [3.63, 3.8) is 0 Å². The number of ketones is 1. The van der Waals surface area contributed by atoms with E-state index in [2.05, 4.69) is 9.72 Å². The molecule has 1 saturated carbocycles. The van der Waals surface area contributed by atoms with Gasteiger partial charge in [-0.25, -0.2) is 21.6 Å². The predicted octanol–water partition coefficient (Wildman–Crippen LogP) is 9.17. The Labute approximate surface area is 281 Å². The highest BCUT2D eigenvalue weighted by molar-refractivity contribution is 7.92. The summed E-state index contributed by atoms with van der Waals surface area (Å²) < 4.78 is 160. The first-order chi connectivity index (χ1) is 23.4. The molecule has 3 aromatic carbocycles. The van der Waals surface area contributed by atoms with Crippen LogP contribution in [0.1, 0.15) is 59.2 Å². The summed E-state index contributed by atoms with van der Waals surface area (Å²) in [4.78, 5) is 16.4. The quantitative estimate of drug-likeness (QED) is 0.0925. The summed E-state index contributed by atoms with van der Waals surface area (Å²) in [5.41, 5.74) is -7.50. The fourth-order valence-electron chi connectivity index (χ4n) is 6.41. The maximum atomic E-state index is 14.5. The molecule has 0 saturated heterocycles. The lowest BCUT2D eigenvalue weighted by atomic mass is 9.75. The smallest absolute Gasteiger partial charge is 0.349 e. The van der Waals surface area contributed by atoms with Crippen LogP contribution in [-0.2, 0) is 31.5 Å². The normalized spacial score (nSPS) is 18.9. The molecule has 1 fully saturated rings. The van der Waals surface area contributed by atoms with Gasteiger partial charge in [0, 0.05) is 35.5 Å². The molecule has 0 N–H and O–H groups in total. The van der Waals surface area contributed by atoms with Gasteiger partial charge in [0.2, 0.25) is 0 Å². The van der Waals surface area contributed by atoms with E-state index in [1.54, 1.807) is 0 Å². The number of ether oxygens (including phenoxy) is 1. The minimum atomic E-state index is -6.20. The van der Waals surface area contributed by atoms with Gasteiger partial charge in [-0.1, -0.05) is 30.3 Å². The molecule has 1 aromatic heterocycles. The molecule has 0 bridgehead atoms. The molecular weight excluding hydrogens is 701 g/mol. The molecule has 5 rings (SSSR count). The van der Waals surface area contributed by atoms with Gasteiger partial charge in [0.25, 0.3) is 5.60 Å². The summed E-state index contributed by atoms with van der Waals surface area (Å²) in [5, 5.41) is 0. The van der Waals surface area contributed by atoms with Crippen LogP contribution in [0.5, 0.6) is 0 Å². The SMILES string of the molecule is O=C(CC1CCC(c2ccc(C(OCc3c(F)cccc3F)(C(F)(F)F)C(F)(F)F)cc2)(S(=O)(=O)c2ccc(F)cc2)CC1)c1ccncc1. The first-order valence-electron chi connectivity index (χ1n) is 15.2. The highest BCUT2D eigenvalue weighted by Gasteiger charge is 2.73.